The summed E-state index contributed by atoms with van der Waals surface area (Å²) in [5.74, 6) is 0. The molecule has 22 heavy (non-hydrogen) atoms. The predicted molar refractivity (Wildman–Crippen MR) is 67.2 cm³/mol. The van der Waals surface area contributed by atoms with Gasteiger partial charge < -0.3 is 50.0 Å². The first-order valence-electron chi connectivity index (χ1n) is 6.93. The van der Waals surface area contributed by atoms with Gasteiger partial charge in [0.1, 0.15) is 42.7 Å². The summed E-state index contributed by atoms with van der Waals surface area (Å²) in [6.07, 6.45) is -14.3. The molecule has 0 aromatic heterocycles. The van der Waals surface area contributed by atoms with E-state index < -0.39 is 68.0 Å². The van der Waals surface area contributed by atoms with E-state index in [4.69, 9.17) is 19.3 Å². The Morgan fingerprint density at radius 1 is 0.818 bits per heavy atom. The van der Waals surface area contributed by atoms with Gasteiger partial charge in [-0.25, -0.2) is 0 Å². The van der Waals surface area contributed by atoms with Gasteiger partial charge in [-0.15, -0.1) is 0 Å². The summed E-state index contributed by atoms with van der Waals surface area (Å²) in [7, 11) is 0. The number of aliphatic hydroxyl groups excluding tert-OH is 7. The van der Waals surface area contributed by atoms with Gasteiger partial charge in [-0.05, 0) is 6.92 Å². The highest BCUT2D eigenvalue weighted by Gasteiger charge is 2.49. The van der Waals surface area contributed by atoms with Gasteiger partial charge in [0.05, 0.1) is 12.7 Å². The molecule has 0 aliphatic carbocycles. The monoisotopic (exact) mass is 326 g/mol. The first kappa shape index (κ1) is 17.9. The topological polar surface area (TPSA) is 169 Å². The highest BCUT2D eigenvalue weighted by Crippen LogP contribution is 2.28. The molecule has 0 unspecified atom stereocenters. The fraction of sp³-hybridized carbons (Fsp3) is 1.00. The third-order valence-electron chi connectivity index (χ3n) is 3.94. The lowest BCUT2D eigenvalue weighted by Crippen LogP contribution is -2.63. The molecule has 2 saturated heterocycles. The van der Waals surface area contributed by atoms with E-state index in [1.165, 1.54) is 6.92 Å². The number of aliphatic hydroxyl groups is 7. The Kier molecular flexibility index (Phi) is 5.72. The lowest BCUT2D eigenvalue weighted by Gasteiger charge is -2.44. The smallest absolute Gasteiger partial charge is 0.187 e. The van der Waals surface area contributed by atoms with Crippen molar-refractivity contribution in [3.63, 3.8) is 0 Å². The van der Waals surface area contributed by atoms with Crippen molar-refractivity contribution in [3.05, 3.63) is 0 Å². The van der Waals surface area contributed by atoms with Gasteiger partial charge in [-0.2, -0.15) is 0 Å². The van der Waals surface area contributed by atoms with Gasteiger partial charge in [0.15, 0.2) is 12.6 Å². The van der Waals surface area contributed by atoms with Crippen molar-refractivity contribution in [3.8, 4) is 0 Å². The molecule has 0 bridgehead atoms. The van der Waals surface area contributed by atoms with E-state index in [2.05, 4.69) is 0 Å². The number of rotatable bonds is 3. The van der Waals surface area contributed by atoms with E-state index >= 15 is 0 Å². The van der Waals surface area contributed by atoms with Gasteiger partial charge in [0.25, 0.3) is 0 Å². The molecule has 10 atom stereocenters. The number of hydrogen-bond donors (Lipinski definition) is 7. The molecule has 10 nitrogen and oxygen atoms in total. The highest BCUT2D eigenvalue weighted by molar-refractivity contribution is 4.92. The van der Waals surface area contributed by atoms with Gasteiger partial charge >= 0.3 is 0 Å². The van der Waals surface area contributed by atoms with E-state index in [1.807, 2.05) is 0 Å². The van der Waals surface area contributed by atoms with E-state index in [9.17, 15) is 30.6 Å². The first-order chi connectivity index (χ1) is 10.3. The third kappa shape index (κ3) is 3.26. The van der Waals surface area contributed by atoms with E-state index in [-0.39, 0.29) is 0 Å². The second kappa shape index (κ2) is 7.01. The zero-order chi connectivity index (χ0) is 16.6. The standard InChI is InChI=1S/C12H22O10/c1-3-5(14)7(16)9(18)12(20-3)22-10-8(17)6(15)4(2-13)21-11(10)19/h3-19H,2H2,1H3/t3-,4+,5-,6-,7+,8-,9+,10+,11+,12+/m0/s1. The van der Waals surface area contributed by atoms with Crippen LogP contribution in [-0.4, -0.2) is 104 Å². The van der Waals surface area contributed by atoms with Crippen molar-refractivity contribution in [1.82, 2.24) is 0 Å². The molecule has 0 radical (unpaired) electrons. The second-order valence-electron chi connectivity index (χ2n) is 5.51. The fourth-order valence-corrected chi connectivity index (χ4v) is 2.50. The second-order valence-corrected chi connectivity index (χ2v) is 5.51. The average Bonchev–Trinajstić information content (AvgIpc) is 2.49. The Morgan fingerprint density at radius 2 is 1.45 bits per heavy atom. The zero-order valence-electron chi connectivity index (χ0n) is 11.8. The summed E-state index contributed by atoms with van der Waals surface area (Å²) >= 11 is 0. The lowest BCUT2D eigenvalue weighted by molar-refractivity contribution is -0.358. The Morgan fingerprint density at radius 3 is 2.05 bits per heavy atom. The molecule has 2 fully saturated rings. The summed E-state index contributed by atoms with van der Waals surface area (Å²) in [5.41, 5.74) is 0. The molecule has 0 aromatic carbocycles. The Hall–Kier alpha value is -0.400. The largest absolute Gasteiger partial charge is 0.394 e. The minimum absolute atomic E-state index is 0.619. The normalized spacial score (nSPS) is 53.5. The van der Waals surface area contributed by atoms with Crippen molar-refractivity contribution in [2.75, 3.05) is 6.61 Å². The van der Waals surface area contributed by atoms with Gasteiger partial charge in [0.2, 0.25) is 0 Å². The van der Waals surface area contributed by atoms with Crippen LogP contribution in [0.25, 0.3) is 0 Å². The summed E-state index contributed by atoms with van der Waals surface area (Å²) < 4.78 is 15.3. The van der Waals surface area contributed by atoms with Crippen LogP contribution in [0.4, 0.5) is 0 Å². The van der Waals surface area contributed by atoms with Crippen LogP contribution in [0, 0.1) is 0 Å². The minimum Gasteiger partial charge on any atom is -0.394 e. The Balaban J connectivity index is 2.06. The Labute approximate surface area is 126 Å². The summed E-state index contributed by atoms with van der Waals surface area (Å²) in [5, 5.41) is 67.5. The van der Waals surface area contributed by atoms with E-state index in [0.29, 0.717) is 0 Å². The molecule has 130 valence electrons. The minimum atomic E-state index is -1.69. The number of hydrogen-bond acceptors (Lipinski definition) is 10. The van der Waals surface area contributed by atoms with Crippen LogP contribution < -0.4 is 0 Å². The van der Waals surface area contributed by atoms with Crippen LogP contribution in [0.2, 0.25) is 0 Å². The SMILES string of the molecule is C[C@@H]1O[C@H](O[C@@H]2[C@@H](O)[C@@H](O)[C@@H](CO)O[C@H]2O)[C@H](O)[C@H](O)[C@H]1O. The third-order valence-corrected chi connectivity index (χ3v) is 3.94. The van der Waals surface area contributed by atoms with Gasteiger partial charge in [-0.1, -0.05) is 0 Å². The van der Waals surface area contributed by atoms with E-state index in [0.717, 1.165) is 0 Å². The first-order valence-corrected chi connectivity index (χ1v) is 6.93. The lowest BCUT2D eigenvalue weighted by atomic mass is 9.97. The van der Waals surface area contributed by atoms with Crippen molar-refractivity contribution < 1.29 is 50.0 Å². The van der Waals surface area contributed by atoms with E-state index in [1.54, 1.807) is 0 Å². The van der Waals surface area contributed by atoms with Crippen LogP contribution in [-0.2, 0) is 14.2 Å². The zero-order valence-corrected chi connectivity index (χ0v) is 11.8. The molecule has 0 spiro atoms. The fourth-order valence-electron chi connectivity index (χ4n) is 2.50. The van der Waals surface area contributed by atoms with Crippen molar-refractivity contribution in [1.29, 1.82) is 0 Å². The molecular formula is C12H22O10. The summed E-state index contributed by atoms with van der Waals surface area (Å²) in [6.45, 7) is 0.823. The maximum Gasteiger partial charge on any atom is 0.187 e. The molecule has 0 aromatic rings. The number of ether oxygens (including phenoxy) is 3. The van der Waals surface area contributed by atoms with Crippen LogP contribution in [0.15, 0.2) is 0 Å². The molecule has 2 rings (SSSR count). The van der Waals surface area contributed by atoms with Crippen LogP contribution in [0.5, 0.6) is 0 Å². The molecule has 2 aliphatic heterocycles. The van der Waals surface area contributed by atoms with Gasteiger partial charge in [-0.3, -0.25) is 0 Å². The molecule has 7 N–H and O–H groups in total. The molecule has 2 heterocycles. The maximum absolute atomic E-state index is 9.93. The van der Waals surface area contributed by atoms with Gasteiger partial charge in [0, 0.05) is 0 Å². The van der Waals surface area contributed by atoms with Crippen LogP contribution in [0.3, 0.4) is 0 Å². The highest BCUT2D eigenvalue weighted by atomic mass is 16.7. The molecule has 10 heteroatoms. The predicted octanol–water partition coefficient (Wildman–Crippen LogP) is -4.37. The molecule has 0 amide bonds. The molecular weight excluding hydrogens is 304 g/mol. The van der Waals surface area contributed by atoms with Crippen molar-refractivity contribution in [2.24, 2.45) is 0 Å². The quantitative estimate of drug-likeness (QED) is 0.269. The summed E-state index contributed by atoms with van der Waals surface area (Å²) in [6, 6.07) is 0. The average molecular weight is 326 g/mol. The molecule has 2 aliphatic rings. The van der Waals surface area contributed by atoms with Crippen molar-refractivity contribution >= 4 is 0 Å². The summed E-state index contributed by atoms with van der Waals surface area (Å²) in [4.78, 5) is 0. The maximum atomic E-state index is 9.93. The van der Waals surface area contributed by atoms with Crippen LogP contribution in [0.1, 0.15) is 6.92 Å². The molecule has 0 saturated carbocycles. The van der Waals surface area contributed by atoms with Crippen molar-refractivity contribution in [2.45, 2.75) is 68.3 Å². The Bertz CT molecular complexity index is 368. The van der Waals surface area contributed by atoms with Crippen LogP contribution >= 0.6 is 0 Å².